The zero-order valence-corrected chi connectivity index (χ0v) is 13.4. The van der Waals surface area contributed by atoms with Crippen LogP contribution in [0.15, 0.2) is 30.3 Å². The fourth-order valence-electron chi connectivity index (χ4n) is 1.51. The Bertz CT molecular complexity index is 352. The minimum Gasteiger partial charge on any atom is -0.377 e. The Labute approximate surface area is 110 Å². The van der Waals surface area contributed by atoms with Crippen molar-refractivity contribution in [2.24, 2.45) is 0 Å². The van der Waals surface area contributed by atoms with E-state index in [1.165, 1.54) is 0 Å². The van der Waals surface area contributed by atoms with E-state index in [1.54, 1.807) is 35.0 Å². The quantitative estimate of drug-likeness (QED) is 0.701. The number of benzene rings is 1. The third-order valence-electron chi connectivity index (χ3n) is 2.73. The number of rotatable bonds is 7. The average molecular weight is 288 g/mol. The van der Waals surface area contributed by atoms with Crippen molar-refractivity contribution < 1.29 is 21.8 Å². The minimum atomic E-state index is -2.99. The predicted molar refractivity (Wildman–Crippen MR) is 72.6 cm³/mol. The van der Waals surface area contributed by atoms with Crippen LogP contribution in [-0.4, -0.2) is 46.0 Å². The van der Waals surface area contributed by atoms with Crippen LogP contribution in [0.5, 0.6) is 0 Å². The summed E-state index contributed by atoms with van der Waals surface area (Å²) >= 11 is 0. The Morgan fingerprint density at radius 1 is 0.778 bits per heavy atom. The van der Waals surface area contributed by atoms with E-state index in [2.05, 4.69) is 0 Å². The minimum absolute atomic E-state index is 0.878. The lowest BCUT2D eigenvalue weighted by Crippen LogP contribution is -2.62. The summed E-state index contributed by atoms with van der Waals surface area (Å²) in [6.07, 6.45) is 0. The van der Waals surface area contributed by atoms with Crippen LogP contribution in [-0.2, 0) is 21.8 Å². The van der Waals surface area contributed by atoms with Gasteiger partial charge in [-0.15, -0.1) is 0 Å². The molecule has 0 aliphatic carbocycles. The van der Waals surface area contributed by atoms with Crippen LogP contribution in [0.2, 0.25) is 6.55 Å². The molecular weight excluding hydrogens is 268 g/mol. The first-order chi connectivity index (χ1) is 8.55. The molecule has 0 fully saturated rings. The van der Waals surface area contributed by atoms with E-state index in [4.69, 9.17) is 21.8 Å². The van der Waals surface area contributed by atoms with E-state index in [0.29, 0.717) is 0 Å². The van der Waals surface area contributed by atoms with Crippen LogP contribution in [0.25, 0.3) is 0 Å². The molecule has 18 heavy (non-hydrogen) atoms. The molecule has 0 N–H and O–H groups in total. The Balaban J connectivity index is 3.08. The smallest absolute Gasteiger partial charge is 0.377 e. The lowest BCUT2D eigenvalue weighted by Gasteiger charge is -2.33. The first-order valence-electron chi connectivity index (χ1n) is 5.52. The van der Waals surface area contributed by atoms with Crippen LogP contribution in [0.4, 0.5) is 0 Å². The van der Waals surface area contributed by atoms with Gasteiger partial charge in [-0.2, -0.15) is 0 Å². The van der Waals surface area contributed by atoms with Gasteiger partial charge in [-0.1, -0.05) is 30.3 Å². The summed E-state index contributed by atoms with van der Waals surface area (Å²) in [5.41, 5.74) is 0. The summed E-state index contributed by atoms with van der Waals surface area (Å²) in [6.45, 7) is 1.80. The molecule has 0 aliphatic heterocycles. The molecular formula is C11H20O5Si2. The summed E-state index contributed by atoms with van der Waals surface area (Å²) in [5, 5.41) is 0.878. The van der Waals surface area contributed by atoms with Gasteiger partial charge in [0.1, 0.15) is 0 Å². The summed E-state index contributed by atoms with van der Waals surface area (Å²) in [7, 11) is 0.535. The third kappa shape index (κ3) is 3.26. The van der Waals surface area contributed by atoms with Gasteiger partial charge < -0.3 is 21.8 Å². The molecule has 0 radical (unpaired) electrons. The van der Waals surface area contributed by atoms with E-state index in [9.17, 15) is 0 Å². The Hall–Kier alpha value is -0.546. The van der Waals surface area contributed by atoms with Crippen molar-refractivity contribution in [3.05, 3.63) is 30.3 Å². The zero-order valence-electron chi connectivity index (χ0n) is 11.4. The predicted octanol–water partition coefficient (Wildman–Crippen LogP) is 1.00. The van der Waals surface area contributed by atoms with Crippen LogP contribution in [0.3, 0.4) is 0 Å². The van der Waals surface area contributed by atoms with Gasteiger partial charge in [0.25, 0.3) is 0 Å². The lowest BCUT2D eigenvalue weighted by molar-refractivity contribution is 0.102. The van der Waals surface area contributed by atoms with Gasteiger partial charge in [-0.05, 0) is 0 Å². The fourth-order valence-corrected chi connectivity index (χ4v) is 6.68. The van der Waals surface area contributed by atoms with Crippen LogP contribution in [0.1, 0.15) is 0 Å². The summed E-state index contributed by atoms with van der Waals surface area (Å²) in [4.78, 5) is 0. The molecule has 1 rings (SSSR count). The highest BCUT2D eigenvalue weighted by Gasteiger charge is 2.50. The van der Waals surface area contributed by atoms with E-state index < -0.39 is 17.6 Å². The van der Waals surface area contributed by atoms with Gasteiger partial charge in [0, 0.05) is 40.2 Å². The number of hydrogen-bond acceptors (Lipinski definition) is 5. The van der Waals surface area contributed by atoms with Crippen LogP contribution < -0.4 is 5.19 Å². The van der Waals surface area contributed by atoms with Crippen molar-refractivity contribution in [2.45, 2.75) is 6.55 Å². The van der Waals surface area contributed by atoms with Gasteiger partial charge in [0.2, 0.25) is 0 Å². The normalized spacial score (nSPS) is 12.7. The van der Waals surface area contributed by atoms with Crippen molar-refractivity contribution in [1.82, 2.24) is 0 Å². The van der Waals surface area contributed by atoms with Gasteiger partial charge in [-0.25, -0.2) is 0 Å². The molecule has 0 aliphatic rings. The SMILES string of the molecule is CO[Si](C)(OC)O[Si](OC)(OC)c1ccccc1. The molecule has 1 aromatic rings. The van der Waals surface area contributed by atoms with E-state index >= 15 is 0 Å². The molecule has 0 aromatic heterocycles. The molecule has 0 heterocycles. The van der Waals surface area contributed by atoms with Gasteiger partial charge in [0.05, 0.1) is 0 Å². The maximum atomic E-state index is 6.00. The Morgan fingerprint density at radius 2 is 1.28 bits per heavy atom. The maximum absolute atomic E-state index is 6.00. The standard InChI is InChI=1S/C11H20O5Si2/c1-12-17(5,13-2)16-18(14-3,15-4)11-9-7-6-8-10-11/h6-10H,1-5H3. The topological polar surface area (TPSA) is 46.2 Å². The molecule has 0 bridgehead atoms. The monoisotopic (exact) mass is 288 g/mol. The van der Waals surface area contributed by atoms with Crippen molar-refractivity contribution in [1.29, 1.82) is 0 Å². The largest absolute Gasteiger partial charge is 0.529 e. The summed E-state index contributed by atoms with van der Waals surface area (Å²) in [5.74, 6) is 0. The molecule has 7 heteroatoms. The van der Waals surface area contributed by atoms with Crippen molar-refractivity contribution in [2.75, 3.05) is 28.4 Å². The summed E-state index contributed by atoms with van der Waals surface area (Å²) in [6, 6.07) is 9.59. The molecule has 0 spiro atoms. The molecule has 102 valence electrons. The molecule has 0 amide bonds. The zero-order chi connectivity index (χ0) is 13.6. The molecule has 0 saturated carbocycles. The first-order valence-corrected chi connectivity index (χ1v) is 9.47. The van der Waals surface area contributed by atoms with E-state index in [1.807, 2.05) is 30.3 Å². The fraction of sp³-hybridized carbons (Fsp3) is 0.455. The molecule has 1 aromatic carbocycles. The molecule has 0 atom stereocenters. The van der Waals surface area contributed by atoms with Gasteiger partial charge >= 0.3 is 17.6 Å². The summed E-state index contributed by atoms with van der Waals surface area (Å²) < 4.78 is 27.8. The molecule has 0 unspecified atom stereocenters. The van der Waals surface area contributed by atoms with Crippen molar-refractivity contribution in [3.63, 3.8) is 0 Å². The maximum Gasteiger partial charge on any atom is 0.529 e. The second kappa shape index (κ2) is 6.57. The highest BCUT2D eigenvalue weighted by molar-refractivity contribution is 6.82. The van der Waals surface area contributed by atoms with Gasteiger partial charge in [0.15, 0.2) is 0 Å². The highest BCUT2D eigenvalue weighted by atomic mass is 28.5. The molecule has 5 nitrogen and oxygen atoms in total. The van der Waals surface area contributed by atoms with E-state index in [-0.39, 0.29) is 0 Å². The second-order valence-electron chi connectivity index (χ2n) is 3.70. The first kappa shape index (κ1) is 15.5. The Kier molecular flexibility index (Phi) is 5.66. The van der Waals surface area contributed by atoms with Crippen molar-refractivity contribution in [3.8, 4) is 0 Å². The third-order valence-corrected chi connectivity index (χ3v) is 8.88. The van der Waals surface area contributed by atoms with Crippen LogP contribution in [0, 0.1) is 0 Å². The highest BCUT2D eigenvalue weighted by Crippen LogP contribution is 2.17. The Morgan fingerprint density at radius 3 is 1.67 bits per heavy atom. The van der Waals surface area contributed by atoms with Gasteiger partial charge in [-0.3, -0.25) is 0 Å². The number of hydrogen-bond donors (Lipinski definition) is 0. The van der Waals surface area contributed by atoms with E-state index in [0.717, 1.165) is 5.19 Å². The molecule has 0 saturated heterocycles. The second-order valence-corrected chi connectivity index (χ2v) is 9.57. The average Bonchev–Trinajstić information content (AvgIpc) is 2.45. The van der Waals surface area contributed by atoms with Crippen LogP contribution >= 0.6 is 0 Å². The lowest BCUT2D eigenvalue weighted by atomic mass is 10.4. The van der Waals surface area contributed by atoms with Crippen molar-refractivity contribution >= 4 is 22.8 Å².